The number of anilines is 1. The summed E-state index contributed by atoms with van der Waals surface area (Å²) in [7, 11) is 0. The van der Waals surface area contributed by atoms with Gasteiger partial charge in [-0.25, -0.2) is 9.69 Å². The summed E-state index contributed by atoms with van der Waals surface area (Å²) in [5, 5.41) is 0.414. The Morgan fingerprint density at radius 2 is 1.39 bits per heavy atom. The van der Waals surface area contributed by atoms with Crippen molar-refractivity contribution >= 4 is 41.1 Å². The summed E-state index contributed by atoms with van der Waals surface area (Å²) >= 11 is 6.23. The lowest BCUT2D eigenvalue weighted by Gasteiger charge is -2.35. The van der Waals surface area contributed by atoms with Gasteiger partial charge in [-0.1, -0.05) is 103 Å². The standard InChI is InChI=1S/C34H25ClN2O4/c35-24-15-9-16-25(20-24)37-32(38)27-28(33(37)39)30(36-19-18-21-10-7-8-17-26(21)29(27)36)34(40)41-31(22-11-3-1-4-12-22)23-13-5-2-6-14-23/h1-20,27-31H/t27-,28+,29-,30-/m0/s1. The molecule has 4 aromatic rings. The number of carbonyl (C=O) groups excluding carboxylic acids is 3. The number of carbonyl (C=O) groups is 3. The largest absolute Gasteiger partial charge is 0.451 e. The van der Waals surface area contributed by atoms with Gasteiger partial charge in [-0.05, 0) is 46.5 Å². The SMILES string of the molecule is O=C(OC(c1ccccc1)c1ccccc1)[C@@H]1[C@@H]2C(=O)N(c3cccc(Cl)c3)C(=O)[C@@H]2[C@@H]2c3ccccc3C=CN12. The summed E-state index contributed by atoms with van der Waals surface area (Å²) < 4.78 is 6.28. The molecule has 6 nitrogen and oxygen atoms in total. The van der Waals surface area contributed by atoms with Crippen LogP contribution >= 0.6 is 11.6 Å². The van der Waals surface area contributed by atoms with Crippen LogP contribution in [0.2, 0.25) is 5.02 Å². The molecule has 7 heteroatoms. The van der Waals surface area contributed by atoms with Crippen LogP contribution in [-0.2, 0) is 19.1 Å². The van der Waals surface area contributed by atoms with E-state index in [0.29, 0.717) is 10.7 Å². The van der Waals surface area contributed by atoms with Crippen molar-refractivity contribution in [2.75, 3.05) is 4.90 Å². The van der Waals surface area contributed by atoms with E-state index in [2.05, 4.69) is 0 Å². The van der Waals surface area contributed by atoms with Gasteiger partial charge in [0.1, 0.15) is 6.04 Å². The Bertz CT molecular complexity index is 1650. The Morgan fingerprint density at radius 3 is 2.07 bits per heavy atom. The molecule has 3 heterocycles. The van der Waals surface area contributed by atoms with Gasteiger partial charge in [0.2, 0.25) is 11.8 Å². The van der Waals surface area contributed by atoms with Gasteiger partial charge < -0.3 is 9.64 Å². The molecule has 0 saturated carbocycles. The fraction of sp³-hybridized carbons (Fsp3) is 0.147. The van der Waals surface area contributed by atoms with Crippen molar-refractivity contribution in [3.05, 3.63) is 143 Å². The number of ether oxygens (including phenoxy) is 1. The normalized spacial score (nSPS) is 22.5. The monoisotopic (exact) mass is 560 g/mol. The smallest absolute Gasteiger partial charge is 0.330 e. The van der Waals surface area contributed by atoms with Crippen molar-refractivity contribution in [1.29, 1.82) is 0 Å². The molecular formula is C34H25ClN2O4. The summed E-state index contributed by atoms with van der Waals surface area (Å²) in [5.41, 5.74) is 3.87. The van der Waals surface area contributed by atoms with Gasteiger partial charge in [0.25, 0.3) is 0 Å². The van der Waals surface area contributed by atoms with E-state index in [1.165, 1.54) is 4.90 Å². The van der Waals surface area contributed by atoms with Gasteiger partial charge in [-0.2, -0.15) is 0 Å². The van der Waals surface area contributed by atoms with Crippen LogP contribution in [0.3, 0.4) is 0 Å². The van der Waals surface area contributed by atoms with Gasteiger partial charge >= 0.3 is 5.97 Å². The van der Waals surface area contributed by atoms with E-state index in [1.54, 1.807) is 24.3 Å². The van der Waals surface area contributed by atoms with E-state index in [-0.39, 0.29) is 5.91 Å². The zero-order chi connectivity index (χ0) is 28.1. The molecule has 0 aromatic heterocycles. The Balaban J connectivity index is 1.32. The molecule has 41 heavy (non-hydrogen) atoms. The molecule has 0 unspecified atom stereocenters. The third kappa shape index (κ3) is 4.14. The van der Waals surface area contributed by atoms with E-state index in [9.17, 15) is 14.4 Å². The maximum absolute atomic E-state index is 14.3. The first-order valence-electron chi connectivity index (χ1n) is 13.5. The molecular weight excluding hydrogens is 536 g/mol. The first-order valence-corrected chi connectivity index (χ1v) is 13.9. The predicted octanol–water partition coefficient (Wildman–Crippen LogP) is 6.19. The minimum atomic E-state index is -0.995. The van der Waals surface area contributed by atoms with Gasteiger partial charge in [-0.15, -0.1) is 0 Å². The van der Waals surface area contributed by atoms with E-state index in [0.717, 1.165) is 22.3 Å². The van der Waals surface area contributed by atoms with Crippen LogP contribution in [0, 0.1) is 11.8 Å². The second-order valence-corrected chi connectivity index (χ2v) is 10.9. The number of hydrogen-bond acceptors (Lipinski definition) is 5. The summed E-state index contributed by atoms with van der Waals surface area (Å²) in [6.07, 6.45) is 3.06. The molecule has 3 aliphatic heterocycles. The van der Waals surface area contributed by atoms with Crippen LogP contribution in [0.5, 0.6) is 0 Å². The molecule has 0 aliphatic carbocycles. The number of esters is 1. The molecule has 4 atom stereocenters. The molecule has 2 saturated heterocycles. The van der Waals surface area contributed by atoms with E-state index in [4.69, 9.17) is 16.3 Å². The highest BCUT2D eigenvalue weighted by atomic mass is 35.5. The summed E-state index contributed by atoms with van der Waals surface area (Å²) in [4.78, 5) is 45.5. The van der Waals surface area contributed by atoms with Crippen LogP contribution in [0.1, 0.15) is 34.4 Å². The Kier molecular flexibility index (Phi) is 6.20. The molecule has 0 bridgehead atoms. The van der Waals surface area contributed by atoms with E-state index < -0.39 is 41.9 Å². The number of rotatable bonds is 5. The average molecular weight is 561 g/mol. The fourth-order valence-electron chi connectivity index (χ4n) is 6.47. The zero-order valence-corrected chi connectivity index (χ0v) is 22.6. The minimum Gasteiger partial charge on any atom is -0.451 e. The maximum atomic E-state index is 14.3. The number of fused-ring (bicyclic) bond motifs is 5. The van der Waals surface area contributed by atoms with Crippen molar-refractivity contribution in [1.82, 2.24) is 4.90 Å². The van der Waals surface area contributed by atoms with Crippen LogP contribution in [-0.4, -0.2) is 28.7 Å². The number of hydrogen-bond donors (Lipinski definition) is 0. The lowest BCUT2D eigenvalue weighted by molar-refractivity contribution is -0.155. The first-order chi connectivity index (χ1) is 20.0. The predicted molar refractivity (Wildman–Crippen MR) is 156 cm³/mol. The maximum Gasteiger partial charge on any atom is 0.330 e. The van der Waals surface area contributed by atoms with Crippen molar-refractivity contribution in [3.63, 3.8) is 0 Å². The minimum absolute atomic E-state index is 0.347. The van der Waals surface area contributed by atoms with Crippen molar-refractivity contribution < 1.29 is 19.1 Å². The number of benzene rings is 4. The lowest BCUT2D eigenvalue weighted by Crippen LogP contribution is -2.45. The highest BCUT2D eigenvalue weighted by molar-refractivity contribution is 6.31. The average Bonchev–Trinajstić information content (AvgIpc) is 3.48. The van der Waals surface area contributed by atoms with Gasteiger partial charge in [-0.3, -0.25) is 9.59 Å². The molecule has 2 fully saturated rings. The van der Waals surface area contributed by atoms with E-state index in [1.807, 2.05) is 102 Å². The quantitative estimate of drug-likeness (QED) is 0.215. The van der Waals surface area contributed by atoms with Crippen LogP contribution < -0.4 is 4.90 Å². The van der Waals surface area contributed by atoms with Crippen LogP contribution in [0.25, 0.3) is 6.08 Å². The first kappa shape index (κ1) is 25.3. The summed E-state index contributed by atoms with van der Waals surface area (Å²) in [6, 6.07) is 32.0. The molecule has 7 rings (SSSR count). The number of imide groups is 1. The molecule has 0 N–H and O–H groups in total. The second kappa shape index (κ2) is 10.1. The summed E-state index contributed by atoms with van der Waals surface area (Å²) in [5.74, 6) is -3.03. The number of halogens is 1. The highest BCUT2D eigenvalue weighted by Gasteiger charge is 2.65. The third-order valence-electron chi connectivity index (χ3n) is 8.21. The van der Waals surface area contributed by atoms with Crippen LogP contribution in [0.15, 0.2) is 115 Å². The number of nitrogens with zero attached hydrogens (tertiary/aromatic N) is 2. The summed E-state index contributed by atoms with van der Waals surface area (Å²) in [6.45, 7) is 0. The third-order valence-corrected chi connectivity index (χ3v) is 8.44. The Labute approximate surface area is 242 Å². The lowest BCUT2D eigenvalue weighted by atomic mass is 9.84. The Hall–Kier alpha value is -4.68. The molecule has 202 valence electrons. The topological polar surface area (TPSA) is 66.9 Å². The molecule has 0 radical (unpaired) electrons. The Morgan fingerprint density at radius 1 is 0.756 bits per heavy atom. The van der Waals surface area contributed by atoms with Gasteiger partial charge in [0.15, 0.2) is 6.10 Å². The van der Waals surface area contributed by atoms with Gasteiger partial charge in [0, 0.05) is 11.2 Å². The molecule has 0 spiro atoms. The van der Waals surface area contributed by atoms with E-state index >= 15 is 0 Å². The zero-order valence-electron chi connectivity index (χ0n) is 21.8. The molecule has 3 aliphatic rings. The van der Waals surface area contributed by atoms with Crippen LogP contribution in [0.4, 0.5) is 5.69 Å². The number of amides is 2. The molecule has 4 aromatic carbocycles. The molecule has 2 amide bonds. The van der Waals surface area contributed by atoms with Gasteiger partial charge in [0.05, 0.1) is 23.6 Å². The van der Waals surface area contributed by atoms with Crippen molar-refractivity contribution in [2.24, 2.45) is 11.8 Å². The second-order valence-electron chi connectivity index (χ2n) is 10.5. The van der Waals surface area contributed by atoms with Crippen molar-refractivity contribution in [3.8, 4) is 0 Å². The van der Waals surface area contributed by atoms with Crippen molar-refractivity contribution in [2.45, 2.75) is 18.2 Å². The fourth-order valence-corrected chi connectivity index (χ4v) is 6.65. The highest BCUT2D eigenvalue weighted by Crippen LogP contribution is 2.53.